The number of hydrogen-bond acceptors (Lipinski definition) is 5. The second kappa shape index (κ2) is 7.12. The monoisotopic (exact) mass is 317 g/mol. The summed E-state index contributed by atoms with van der Waals surface area (Å²) >= 11 is 0. The number of hydrogen-bond donors (Lipinski definition) is 2. The molecule has 3 rings (SSSR count). The number of aliphatic hydroxyl groups excluding tert-OH is 2. The second-order valence-corrected chi connectivity index (χ2v) is 6.05. The summed E-state index contributed by atoms with van der Waals surface area (Å²) in [6.07, 6.45) is 3.85. The van der Waals surface area contributed by atoms with E-state index < -0.39 is 6.10 Å². The van der Waals surface area contributed by atoms with Crippen LogP contribution in [-0.2, 0) is 13.1 Å². The van der Waals surface area contributed by atoms with Gasteiger partial charge in [-0.1, -0.05) is 5.57 Å². The fraction of sp³-hybridized carbons (Fsp3) is 0.471. The average Bonchev–Trinajstić information content (AvgIpc) is 3.13. The van der Waals surface area contributed by atoms with Crippen molar-refractivity contribution in [3.05, 3.63) is 47.2 Å². The lowest BCUT2D eigenvalue weighted by atomic mass is 10.2. The summed E-state index contributed by atoms with van der Waals surface area (Å²) < 4.78 is 7.30. The van der Waals surface area contributed by atoms with Crippen molar-refractivity contribution >= 4 is 6.08 Å². The molecule has 3 heterocycles. The van der Waals surface area contributed by atoms with E-state index in [0.717, 1.165) is 44.1 Å². The first-order valence-corrected chi connectivity index (χ1v) is 7.94. The van der Waals surface area contributed by atoms with Crippen LogP contribution in [0, 0.1) is 0 Å². The second-order valence-electron chi connectivity index (χ2n) is 6.05. The number of aliphatic hydroxyl groups is 2. The van der Waals surface area contributed by atoms with Gasteiger partial charge in [0.2, 0.25) is 0 Å². The minimum absolute atomic E-state index is 0.300. The standard InChI is InChI=1S/C17H23N3O3/c1-13(8-15-4-2-7-23-15)10-19-5-3-6-20-14(11-19)9-16(18-20)17(22)12-21/h2,4,7-9,17,21-22H,3,5-6,10-12H2,1H3/b13-8+. The van der Waals surface area contributed by atoms with Crippen molar-refractivity contribution in [2.45, 2.75) is 32.5 Å². The summed E-state index contributed by atoms with van der Waals surface area (Å²) in [5.41, 5.74) is 2.87. The van der Waals surface area contributed by atoms with Crippen molar-refractivity contribution < 1.29 is 14.6 Å². The Morgan fingerprint density at radius 2 is 2.35 bits per heavy atom. The smallest absolute Gasteiger partial charge is 0.126 e. The Labute approximate surface area is 135 Å². The molecule has 0 amide bonds. The molecule has 23 heavy (non-hydrogen) atoms. The van der Waals surface area contributed by atoms with Crippen molar-refractivity contribution in [1.29, 1.82) is 0 Å². The van der Waals surface area contributed by atoms with E-state index in [9.17, 15) is 5.11 Å². The Bertz CT molecular complexity index is 661. The highest BCUT2D eigenvalue weighted by molar-refractivity contribution is 5.46. The molecule has 1 atom stereocenters. The largest absolute Gasteiger partial charge is 0.465 e. The maximum absolute atomic E-state index is 9.74. The van der Waals surface area contributed by atoms with Gasteiger partial charge in [0.15, 0.2) is 0 Å². The van der Waals surface area contributed by atoms with E-state index in [2.05, 4.69) is 23.0 Å². The van der Waals surface area contributed by atoms with Crippen LogP contribution in [0.25, 0.3) is 6.08 Å². The van der Waals surface area contributed by atoms with E-state index in [1.807, 2.05) is 22.9 Å². The van der Waals surface area contributed by atoms with Crippen LogP contribution in [0.3, 0.4) is 0 Å². The molecule has 6 heteroatoms. The first kappa shape index (κ1) is 16.0. The molecule has 2 N–H and O–H groups in total. The molecule has 0 radical (unpaired) electrons. The topological polar surface area (TPSA) is 74.7 Å². The van der Waals surface area contributed by atoms with Gasteiger partial charge in [-0.05, 0) is 37.6 Å². The highest BCUT2D eigenvalue weighted by Crippen LogP contribution is 2.19. The zero-order valence-corrected chi connectivity index (χ0v) is 13.4. The van der Waals surface area contributed by atoms with E-state index in [1.54, 1.807) is 6.26 Å². The molecule has 2 aromatic rings. The SMILES string of the molecule is C/C(=C\c1ccco1)CN1CCCn2nc(C(O)CO)cc2C1. The maximum Gasteiger partial charge on any atom is 0.126 e. The predicted molar refractivity (Wildman–Crippen MR) is 86.5 cm³/mol. The lowest BCUT2D eigenvalue weighted by Gasteiger charge is -2.19. The Morgan fingerprint density at radius 3 is 3.09 bits per heavy atom. The Kier molecular flexibility index (Phi) is 4.95. The van der Waals surface area contributed by atoms with Crippen molar-refractivity contribution in [3.63, 3.8) is 0 Å². The minimum Gasteiger partial charge on any atom is -0.465 e. The molecule has 6 nitrogen and oxygen atoms in total. The molecule has 0 fully saturated rings. The van der Waals surface area contributed by atoms with Crippen molar-refractivity contribution in [1.82, 2.24) is 14.7 Å². The van der Waals surface area contributed by atoms with Crippen LogP contribution in [0.4, 0.5) is 0 Å². The van der Waals surface area contributed by atoms with Gasteiger partial charge in [-0.25, -0.2) is 0 Å². The number of aromatic nitrogens is 2. The van der Waals surface area contributed by atoms with Gasteiger partial charge in [0, 0.05) is 26.2 Å². The molecule has 1 aliphatic heterocycles. The van der Waals surface area contributed by atoms with Gasteiger partial charge in [0.1, 0.15) is 11.9 Å². The molecule has 0 spiro atoms. The highest BCUT2D eigenvalue weighted by atomic mass is 16.3. The van der Waals surface area contributed by atoms with Crippen molar-refractivity contribution in [3.8, 4) is 0 Å². The minimum atomic E-state index is -0.900. The summed E-state index contributed by atoms with van der Waals surface area (Å²) in [6, 6.07) is 5.73. The summed E-state index contributed by atoms with van der Waals surface area (Å²) in [7, 11) is 0. The van der Waals surface area contributed by atoms with Crippen LogP contribution in [0.15, 0.2) is 34.5 Å². The lowest BCUT2D eigenvalue weighted by Crippen LogP contribution is -2.25. The van der Waals surface area contributed by atoms with Crippen LogP contribution >= 0.6 is 0 Å². The molecule has 0 bridgehead atoms. The van der Waals surface area contributed by atoms with Crippen molar-refractivity contribution in [2.75, 3.05) is 19.7 Å². The van der Waals surface area contributed by atoms with Gasteiger partial charge in [-0.3, -0.25) is 9.58 Å². The van der Waals surface area contributed by atoms with Gasteiger partial charge in [0.05, 0.1) is 24.3 Å². The summed E-state index contributed by atoms with van der Waals surface area (Å²) in [6.45, 7) is 5.30. The highest BCUT2D eigenvalue weighted by Gasteiger charge is 2.19. The van der Waals surface area contributed by atoms with Crippen LogP contribution in [0.5, 0.6) is 0 Å². The number of aryl methyl sites for hydroxylation is 1. The number of nitrogens with zero attached hydrogens (tertiary/aromatic N) is 3. The zero-order valence-electron chi connectivity index (χ0n) is 13.4. The fourth-order valence-corrected chi connectivity index (χ4v) is 2.96. The summed E-state index contributed by atoms with van der Waals surface area (Å²) in [5.74, 6) is 0.871. The maximum atomic E-state index is 9.74. The van der Waals surface area contributed by atoms with Crippen LogP contribution in [0.2, 0.25) is 0 Å². The van der Waals surface area contributed by atoms with E-state index in [1.165, 1.54) is 5.57 Å². The normalized spacial score (nSPS) is 17.8. The van der Waals surface area contributed by atoms with E-state index >= 15 is 0 Å². The Morgan fingerprint density at radius 1 is 1.48 bits per heavy atom. The molecule has 0 aliphatic carbocycles. The Hall–Kier alpha value is -1.89. The molecule has 2 aromatic heterocycles. The van der Waals surface area contributed by atoms with Crippen LogP contribution in [0.1, 0.15) is 36.6 Å². The molecule has 0 saturated carbocycles. The molecular formula is C17H23N3O3. The van der Waals surface area contributed by atoms with Crippen LogP contribution < -0.4 is 0 Å². The fourth-order valence-electron chi connectivity index (χ4n) is 2.96. The Balaban J connectivity index is 1.69. The molecule has 1 unspecified atom stereocenters. The zero-order chi connectivity index (χ0) is 16.2. The van der Waals surface area contributed by atoms with Crippen molar-refractivity contribution in [2.24, 2.45) is 0 Å². The molecule has 0 aromatic carbocycles. The van der Waals surface area contributed by atoms with Gasteiger partial charge in [0.25, 0.3) is 0 Å². The summed E-state index contributed by atoms with van der Waals surface area (Å²) in [4.78, 5) is 2.37. The molecule has 124 valence electrons. The third kappa shape index (κ3) is 3.90. The first-order valence-electron chi connectivity index (χ1n) is 7.94. The summed E-state index contributed by atoms with van der Waals surface area (Å²) in [5, 5.41) is 23.2. The molecule has 0 saturated heterocycles. The quantitative estimate of drug-likeness (QED) is 0.880. The number of furan rings is 1. The number of rotatable bonds is 5. The molecular weight excluding hydrogens is 294 g/mol. The van der Waals surface area contributed by atoms with E-state index in [-0.39, 0.29) is 6.61 Å². The van der Waals surface area contributed by atoms with Gasteiger partial charge >= 0.3 is 0 Å². The lowest BCUT2D eigenvalue weighted by molar-refractivity contribution is 0.0916. The third-order valence-electron chi connectivity index (χ3n) is 4.03. The first-order chi connectivity index (χ1) is 11.2. The average molecular weight is 317 g/mol. The van der Waals surface area contributed by atoms with E-state index in [4.69, 9.17) is 9.52 Å². The molecule has 1 aliphatic rings. The van der Waals surface area contributed by atoms with E-state index in [0.29, 0.717) is 5.69 Å². The van der Waals surface area contributed by atoms with Crippen LogP contribution in [-0.4, -0.2) is 44.6 Å². The van der Waals surface area contributed by atoms with Gasteiger partial charge in [-0.2, -0.15) is 5.10 Å². The predicted octanol–water partition coefficient (Wildman–Crippen LogP) is 1.81. The third-order valence-corrected chi connectivity index (χ3v) is 4.03. The van der Waals surface area contributed by atoms with Gasteiger partial charge in [-0.15, -0.1) is 0 Å². The van der Waals surface area contributed by atoms with Gasteiger partial charge < -0.3 is 14.6 Å². The number of fused-ring (bicyclic) bond motifs is 1.